The van der Waals surface area contributed by atoms with Crippen LogP contribution in [0.4, 0.5) is 0 Å². The van der Waals surface area contributed by atoms with Crippen molar-refractivity contribution in [3.8, 4) is 5.69 Å². The number of benzene rings is 1. The van der Waals surface area contributed by atoms with E-state index in [1.165, 1.54) is 0 Å². The lowest BCUT2D eigenvalue weighted by Gasteiger charge is -2.10. The highest BCUT2D eigenvalue weighted by Crippen LogP contribution is 2.15. The average Bonchev–Trinajstić information content (AvgIpc) is 3.09. The van der Waals surface area contributed by atoms with E-state index in [2.05, 4.69) is 15.7 Å². The molecule has 6 heteroatoms. The number of rotatable bonds is 3. The van der Waals surface area contributed by atoms with Crippen molar-refractivity contribution in [2.24, 2.45) is 0 Å². The third-order valence-corrected chi connectivity index (χ3v) is 3.88. The molecule has 1 aliphatic rings. The second kappa shape index (κ2) is 5.87. The van der Waals surface area contributed by atoms with Gasteiger partial charge in [0.05, 0.1) is 16.9 Å². The second-order valence-electron chi connectivity index (χ2n) is 5.21. The largest absolute Gasteiger partial charge is 0.348 e. The van der Waals surface area contributed by atoms with Gasteiger partial charge in [0.2, 0.25) is 0 Å². The van der Waals surface area contributed by atoms with E-state index < -0.39 is 0 Å². The van der Waals surface area contributed by atoms with Crippen molar-refractivity contribution in [2.75, 3.05) is 13.1 Å². The van der Waals surface area contributed by atoms with Gasteiger partial charge in [-0.25, -0.2) is 4.68 Å². The molecule has 1 amide bonds. The zero-order valence-corrected chi connectivity index (χ0v) is 12.5. The molecular formula is C15H17ClN4O. The fourth-order valence-corrected chi connectivity index (χ4v) is 2.58. The van der Waals surface area contributed by atoms with Crippen LogP contribution in [0.25, 0.3) is 5.69 Å². The summed E-state index contributed by atoms with van der Waals surface area (Å²) in [5.74, 6) is -0.0681. The van der Waals surface area contributed by atoms with Crippen molar-refractivity contribution in [1.82, 2.24) is 20.4 Å². The van der Waals surface area contributed by atoms with E-state index >= 15 is 0 Å². The Morgan fingerprint density at radius 2 is 2.19 bits per heavy atom. The summed E-state index contributed by atoms with van der Waals surface area (Å²) in [6.45, 7) is 3.62. The molecule has 1 aliphatic heterocycles. The molecule has 0 radical (unpaired) electrons. The van der Waals surface area contributed by atoms with Gasteiger partial charge in [0.25, 0.3) is 5.91 Å². The van der Waals surface area contributed by atoms with E-state index in [0.717, 1.165) is 25.2 Å². The summed E-state index contributed by atoms with van der Waals surface area (Å²) in [5, 5.41) is 11.3. The predicted octanol–water partition coefficient (Wildman–Crippen LogP) is 1.93. The van der Waals surface area contributed by atoms with Crippen molar-refractivity contribution in [1.29, 1.82) is 0 Å². The summed E-state index contributed by atoms with van der Waals surface area (Å²) < 4.78 is 1.70. The number of nitrogens with zero attached hydrogens (tertiary/aromatic N) is 2. The van der Waals surface area contributed by atoms with E-state index in [0.29, 0.717) is 16.3 Å². The Kier molecular flexibility index (Phi) is 3.94. The lowest BCUT2D eigenvalue weighted by Crippen LogP contribution is -2.36. The molecule has 0 bridgehead atoms. The minimum Gasteiger partial charge on any atom is -0.348 e. The molecule has 0 saturated carbocycles. The summed E-state index contributed by atoms with van der Waals surface area (Å²) in [6.07, 6.45) is 2.73. The fraction of sp³-hybridized carbons (Fsp3) is 0.333. The standard InChI is InChI=1S/C15H17ClN4O/c1-10-14(15(21)18-12-6-7-17-8-12)9-20(19-10)13-4-2-11(16)3-5-13/h2-5,9,12,17H,6-8H2,1H3,(H,18,21). The van der Waals surface area contributed by atoms with E-state index in [-0.39, 0.29) is 11.9 Å². The van der Waals surface area contributed by atoms with Gasteiger partial charge in [0.1, 0.15) is 0 Å². The molecule has 1 fully saturated rings. The Morgan fingerprint density at radius 3 is 2.86 bits per heavy atom. The first kappa shape index (κ1) is 14.1. The predicted molar refractivity (Wildman–Crippen MR) is 82.1 cm³/mol. The van der Waals surface area contributed by atoms with Gasteiger partial charge in [-0.05, 0) is 44.2 Å². The highest BCUT2D eigenvalue weighted by atomic mass is 35.5. The molecule has 1 atom stereocenters. The van der Waals surface area contributed by atoms with E-state index in [1.54, 1.807) is 23.0 Å². The van der Waals surface area contributed by atoms with Crippen LogP contribution in [-0.2, 0) is 0 Å². The van der Waals surface area contributed by atoms with Gasteiger partial charge in [-0.1, -0.05) is 11.6 Å². The molecule has 110 valence electrons. The molecular weight excluding hydrogens is 288 g/mol. The van der Waals surface area contributed by atoms with Crippen molar-refractivity contribution < 1.29 is 4.79 Å². The van der Waals surface area contributed by atoms with Crippen LogP contribution in [0.3, 0.4) is 0 Å². The topological polar surface area (TPSA) is 59.0 Å². The monoisotopic (exact) mass is 304 g/mol. The lowest BCUT2D eigenvalue weighted by atomic mass is 10.2. The number of nitrogens with one attached hydrogen (secondary N) is 2. The molecule has 0 aliphatic carbocycles. The van der Waals surface area contributed by atoms with Crippen molar-refractivity contribution in [3.05, 3.63) is 46.7 Å². The van der Waals surface area contributed by atoms with Gasteiger partial charge in [0.15, 0.2) is 0 Å². The molecule has 0 spiro atoms. The van der Waals surface area contributed by atoms with E-state index in [4.69, 9.17) is 11.6 Å². The van der Waals surface area contributed by atoms with Crippen molar-refractivity contribution >= 4 is 17.5 Å². The first-order valence-electron chi connectivity index (χ1n) is 6.97. The van der Waals surface area contributed by atoms with Crippen molar-refractivity contribution in [3.63, 3.8) is 0 Å². The maximum atomic E-state index is 12.3. The molecule has 2 aromatic rings. The van der Waals surface area contributed by atoms with Crippen LogP contribution in [-0.4, -0.2) is 34.8 Å². The number of aromatic nitrogens is 2. The molecule has 1 saturated heterocycles. The maximum Gasteiger partial charge on any atom is 0.255 e. The number of carbonyl (C=O) groups is 1. The van der Waals surface area contributed by atoms with Gasteiger partial charge < -0.3 is 10.6 Å². The van der Waals surface area contributed by atoms with Gasteiger partial charge in [-0.15, -0.1) is 0 Å². The molecule has 2 heterocycles. The molecule has 2 N–H and O–H groups in total. The van der Waals surface area contributed by atoms with Crippen LogP contribution in [0.15, 0.2) is 30.5 Å². The average molecular weight is 305 g/mol. The number of hydrogen-bond acceptors (Lipinski definition) is 3. The zero-order valence-electron chi connectivity index (χ0n) is 11.8. The fourth-order valence-electron chi connectivity index (χ4n) is 2.45. The second-order valence-corrected chi connectivity index (χ2v) is 5.65. The van der Waals surface area contributed by atoms with Gasteiger partial charge in [-0.3, -0.25) is 4.79 Å². The highest BCUT2D eigenvalue weighted by molar-refractivity contribution is 6.30. The zero-order chi connectivity index (χ0) is 14.8. The molecule has 5 nitrogen and oxygen atoms in total. The third-order valence-electron chi connectivity index (χ3n) is 3.63. The highest BCUT2D eigenvalue weighted by Gasteiger charge is 2.20. The Labute approximate surface area is 128 Å². The first-order chi connectivity index (χ1) is 10.1. The number of amides is 1. The Balaban J connectivity index is 1.80. The van der Waals surface area contributed by atoms with Crippen LogP contribution in [0, 0.1) is 6.92 Å². The van der Waals surface area contributed by atoms with Crippen molar-refractivity contribution in [2.45, 2.75) is 19.4 Å². The lowest BCUT2D eigenvalue weighted by molar-refractivity contribution is 0.0939. The summed E-state index contributed by atoms with van der Waals surface area (Å²) >= 11 is 5.88. The number of hydrogen-bond donors (Lipinski definition) is 2. The molecule has 1 unspecified atom stereocenters. The Bertz CT molecular complexity index is 644. The number of halogens is 1. The quantitative estimate of drug-likeness (QED) is 0.911. The molecule has 1 aromatic carbocycles. The number of aryl methyl sites for hydroxylation is 1. The third kappa shape index (κ3) is 3.09. The Morgan fingerprint density at radius 1 is 1.43 bits per heavy atom. The summed E-state index contributed by atoms with van der Waals surface area (Å²) in [4.78, 5) is 12.3. The minimum atomic E-state index is -0.0681. The summed E-state index contributed by atoms with van der Waals surface area (Å²) in [7, 11) is 0. The normalized spacial score (nSPS) is 17.9. The van der Waals surface area contributed by atoms with Gasteiger partial charge >= 0.3 is 0 Å². The smallest absolute Gasteiger partial charge is 0.255 e. The molecule has 1 aromatic heterocycles. The van der Waals surface area contributed by atoms with E-state index in [9.17, 15) is 4.79 Å². The van der Waals surface area contributed by atoms with Gasteiger partial charge in [0, 0.05) is 23.8 Å². The summed E-state index contributed by atoms with van der Waals surface area (Å²) in [5.41, 5.74) is 2.20. The first-order valence-corrected chi connectivity index (χ1v) is 7.35. The van der Waals surface area contributed by atoms with Crippen LogP contribution >= 0.6 is 11.6 Å². The number of carbonyl (C=O) groups excluding carboxylic acids is 1. The van der Waals surface area contributed by atoms with Crippen LogP contribution < -0.4 is 10.6 Å². The minimum absolute atomic E-state index is 0.0681. The molecule has 3 rings (SSSR count). The SMILES string of the molecule is Cc1nn(-c2ccc(Cl)cc2)cc1C(=O)NC1CCNC1. The maximum absolute atomic E-state index is 12.3. The van der Waals surface area contributed by atoms with E-state index in [1.807, 2.05) is 19.1 Å². The Hall–Kier alpha value is -1.85. The summed E-state index contributed by atoms with van der Waals surface area (Å²) in [6, 6.07) is 7.56. The van der Waals surface area contributed by atoms with Crippen LogP contribution in [0.2, 0.25) is 5.02 Å². The van der Waals surface area contributed by atoms with Crippen LogP contribution in [0.5, 0.6) is 0 Å². The molecule has 21 heavy (non-hydrogen) atoms. The van der Waals surface area contributed by atoms with Crippen LogP contribution in [0.1, 0.15) is 22.5 Å². The van der Waals surface area contributed by atoms with Gasteiger partial charge in [-0.2, -0.15) is 5.10 Å².